The molecule has 1 aliphatic carbocycles. The molecule has 5 nitrogen and oxygen atoms in total. The van der Waals surface area contributed by atoms with Gasteiger partial charge < -0.3 is 15.3 Å². The number of nitrogens with zero attached hydrogens (tertiary/aromatic N) is 1. The first-order valence-electron chi connectivity index (χ1n) is 7.03. The van der Waals surface area contributed by atoms with E-state index in [1.807, 2.05) is 25.9 Å². The fourth-order valence-corrected chi connectivity index (χ4v) is 2.98. The molecule has 2 unspecified atom stereocenters. The fraction of sp³-hybridized carbons (Fsp3) is 0.857. The second-order valence-electron chi connectivity index (χ2n) is 5.97. The molecule has 110 valence electrons. The van der Waals surface area contributed by atoms with Crippen molar-refractivity contribution < 1.29 is 14.7 Å². The van der Waals surface area contributed by atoms with Crippen molar-refractivity contribution in [3.63, 3.8) is 0 Å². The first-order chi connectivity index (χ1) is 8.85. The van der Waals surface area contributed by atoms with Crippen LogP contribution in [0.5, 0.6) is 0 Å². The third kappa shape index (κ3) is 4.49. The fourth-order valence-electron chi connectivity index (χ4n) is 2.98. The van der Waals surface area contributed by atoms with Gasteiger partial charge in [0, 0.05) is 12.6 Å². The zero-order valence-electron chi connectivity index (χ0n) is 12.3. The van der Waals surface area contributed by atoms with Gasteiger partial charge in [-0.25, -0.2) is 0 Å². The number of aliphatic carboxylic acids is 1. The van der Waals surface area contributed by atoms with Crippen LogP contribution >= 0.6 is 0 Å². The monoisotopic (exact) mass is 270 g/mol. The Hall–Kier alpha value is -1.10. The Bertz CT molecular complexity index is 331. The zero-order chi connectivity index (χ0) is 14.6. The van der Waals surface area contributed by atoms with Crippen molar-refractivity contribution in [2.45, 2.75) is 39.2 Å². The maximum atomic E-state index is 12.2. The predicted octanol–water partition coefficient (Wildman–Crippen LogP) is 1.19. The highest BCUT2D eigenvalue weighted by atomic mass is 16.4. The van der Waals surface area contributed by atoms with Gasteiger partial charge in [0.25, 0.3) is 0 Å². The van der Waals surface area contributed by atoms with Crippen LogP contribution < -0.4 is 5.32 Å². The van der Waals surface area contributed by atoms with Crippen LogP contribution in [0.15, 0.2) is 0 Å². The van der Waals surface area contributed by atoms with Crippen molar-refractivity contribution in [2.75, 3.05) is 20.6 Å². The molecule has 1 rings (SSSR count). The second-order valence-corrected chi connectivity index (χ2v) is 5.97. The highest BCUT2D eigenvalue weighted by molar-refractivity contribution is 5.85. The van der Waals surface area contributed by atoms with Crippen LogP contribution in [0.25, 0.3) is 0 Å². The molecule has 5 heteroatoms. The lowest BCUT2D eigenvalue weighted by Crippen LogP contribution is -2.44. The highest BCUT2D eigenvalue weighted by Gasteiger charge is 2.42. The molecule has 0 saturated heterocycles. The van der Waals surface area contributed by atoms with Crippen LogP contribution in [-0.4, -0.2) is 48.6 Å². The zero-order valence-corrected chi connectivity index (χ0v) is 12.3. The van der Waals surface area contributed by atoms with E-state index in [9.17, 15) is 14.7 Å². The standard InChI is InChI=1S/C14H26N2O3/c1-5-10-6-11(12(7-10)14(18)19)13(17)15-9(2)8-16(3)4/h9-12H,5-8H2,1-4H3,(H,15,17)(H,18,19)/t9?,10?,11-,12+/m0/s1. The Labute approximate surface area is 115 Å². The first kappa shape index (κ1) is 16.0. The van der Waals surface area contributed by atoms with Crippen LogP contribution in [0, 0.1) is 17.8 Å². The van der Waals surface area contributed by atoms with Crippen molar-refractivity contribution in [3.8, 4) is 0 Å². The highest BCUT2D eigenvalue weighted by Crippen LogP contribution is 2.38. The Kier molecular flexibility index (Phi) is 5.79. The van der Waals surface area contributed by atoms with Crippen molar-refractivity contribution in [1.29, 1.82) is 0 Å². The molecule has 1 amide bonds. The van der Waals surface area contributed by atoms with Gasteiger partial charge in [-0.05, 0) is 39.8 Å². The van der Waals surface area contributed by atoms with Crippen LogP contribution in [0.3, 0.4) is 0 Å². The normalized spacial score (nSPS) is 28.4. The van der Waals surface area contributed by atoms with Gasteiger partial charge in [0.2, 0.25) is 5.91 Å². The van der Waals surface area contributed by atoms with E-state index in [0.717, 1.165) is 13.0 Å². The quantitative estimate of drug-likeness (QED) is 0.760. The maximum Gasteiger partial charge on any atom is 0.307 e. The molecule has 0 bridgehead atoms. The van der Waals surface area contributed by atoms with Crippen LogP contribution in [0.2, 0.25) is 0 Å². The smallest absolute Gasteiger partial charge is 0.307 e. The van der Waals surface area contributed by atoms with E-state index in [-0.39, 0.29) is 17.9 Å². The predicted molar refractivity (Wildman–Crippen MR) is 73.8 cm³/mol. The summed E-state index contributed by atoms with van der Waals surface area (Å²) in [5.74, 6) is -1.46. The second kappa shape index (κ2) is 6.89. The lowest BCUT2D eigenvalue weighted by atomic mass is 9.95. The third-order valence-corrected chi connectivity index (χ3v) is 3.92. The molecule has 0 aromatic carbocycles. The van der Waals surface area contributed by atoms with Gasteiger partial charge in [-0.3, -0.25) is 9.59 Å². The number of carboxylic acids is 1. The summed E-state index contributed by atoms with van der Waals surface area (Å²) in [6.45, 7) is 4.76. The van der Waals surface area contributed by atoms with Gasteiger partial charge in [-0.1, -0.05) is 13.3 Å². The Balaban J connectivity index is 2.61. The molecular weight excluding hydrogens is 244 g/mol. The average molecular weight is 270 g/mol. The summed E-state index contributed by atoms with van der Waals surface area (Å²) in [5.41, 5.74) is 0. The summed E-state index contributed by atoms with van der Waals surface area (Å²) >= 11 is 0. The Morgan fingerprint density at radius 2 is 1.89 bits per heavy atom. The van der Waals surface area contributed by atoms with Crippen LogP contribution in [0.1, 0.15) is 33.1 Å². The lowest BCUT2D eigenvalue weighted by Gasteiger charge is -2.22. The van der Waals surface area contributed by atoms with Crippen LogP contribution in [-0.2, 0) is 9.59 Å². The SMILES string of the molecule is CCC1C[C@H](C(=O)NC(C)CN(C)C)[C@H](C(=O)O)C1. The van der Waals surface area contributed by atoms with Crippen LogP contribution in [0.4, 0.5) is 0 Å². The minimum absolute atomic E-state index is 0.0395. The summed E-state index contributed by atoms with van der Waals surface area (Å²) < 4.78 is 0. The summed E-state index contributed by atoms with van der Waals surface area (Å²) in [6.07, 6.45) is 2.28. The minimum atomic E-state index is -0.837. The van der Waals surface area contributed by atoms with E-state index in [0.29, 0.717) is 18.8 Å². The summed E-state index contributed by atoms with van der Waals surface area (Å²) in [6, 6.07) is 0.0395. The molecule has 0 aromatic rings. The van der Waals surface area contributed by atoms with E-state index in [4.69, 9.17) is 0 Å². The molecular formula is C14H26N2O3. The molecule has 0 spiro atoms. The molecule has 1 aliphatic rings. The van der Waals surface area contributed by atoms with E-state index in [2.05, 4.69) is 12.2 Å². The third-order valence-electron chi connectivity index (χ3n) is 3.92. The van der Waals surface area contributed by atoms with Crippen molar-refractivity contribution in [1.82, 2.24) is 10.2 Å². The number of carbonyl (C=O) groups excluding carboxylic acids is 1. The largest absolute Gasteiger partial charge is 0.481 e. The summed E-state index contributed by atoms with van der Waals surface area (Å²) in [4.78, 5) is 25.5. The number of nitrogens with one attached hydrogen (secondary N) is 1. The minimum Gasteiger partial charge on any atom is -0.481 e. The van der Waals surface area contributed by atoms with E-state index in [1.165, 1.54) is 0 Å². The van der Waals surface area contributed by atoms with Gasteiger partial charge in [0.15, 0.2) is 0 Å². The first-order valence-corrected chi connectivity index (χ1v) is 7.03. The van der Waals surface area contributed by atoms with E-state index < -0.39 is 11.9 Å². The van der Waals surface area contributed by atoms with Gasteiger partial charge in [0.05, 0.1) is 11.8 Å². The van der Waals surface area contributed by atoms with E-state index >= 15 is 0 Å². The van der Waals surface area contributed by atoms with Gasteiger partial charge in [-0.2, -0.15) is 0 Å². The molecule has 2 N–H and O–H groups in total. The topological polar surface area (TPSA) is 69.6 Å². The van der Waals surface area contributed by atoms with Gasteiger partial charge >= 0.3 is 5.97 Å². The van der Waals surface area contributed by atoms with E-state index in [1.54, 1.807) is 0 Å². The number of rotatable bonds is 6. The van der Waals surface area contributed by atoms with Gasteiger partial charge in [0.1, 0.15) is 0 Å². The van der Waals surface area contributed by atoms with Crippen molar-refractivity contribution >= 4 is 11.9 Å². The molecule has 1 saturated carbocycles. The number of carbonyl (C=O) groups is 2. The molecule has 0 heterocycles. The van der Waals surface area contributed by atoms with Gasteiger partial charge in [-0.15, -0.1) is 0 Å². The molecule has 0 aliphatic heterocycles. The van der Waals surface area contributed by atoms with Crippen molar-refractivity contribution in [3.05, 3.63) is 0 Å². The lowest BCUT2D eigenvalue weighted by molar-refractivity contribution is -0.146. The Morgan fingerprint density at radius 1 is 1.32 bits per heavy atom. The molecule has 4 atom stereocenters. The maximum absolute atomic E-state index is 12.2. The number of carboxylic acid groups (broad SMARTS) is 1. The van der Waals surface area contributed by atoms with Crippen molar-refractivity contribution in [2.24, 2.45) is 17.8 Å². The molecule has 0 radical (unpaired) electrons. The molecule has 0 aromatic heterocycles. The molecule has 1 fully saturated rings. The Morgan fingerprint density at radius 3 is 2.37 bits per heavy atom. The number of hydrogen-bond acceptors (Lipinski definition) is 3. The average Bonchev–Trinajstić information content (AvgIpc) is 2.71. The summed E-state index contributed by atoms with van der Waals surface area (Å²) in [7, 11) is 3.90. The number of hydrogen-bond donors (Lipinski definition) is 2. The number of amides is 1. The number of likely N-dealkylation sites (N-methyl/N-ethyl adjacent to an activating group) is 1. The molecule has 19 heavy (non-hydrogen) atoms. The summed E-state index contributed by atoms with van der Waals surface area (Å²) in [5, 5.41) is 12.2.